The van der Waals surface area contributed by atoms with Gasteiger partial charge in [-0.25, -0.2) is 4.39 Å². The summed E-state index contributed by atoms with van der Waals surface area (Å²) in [4.78, 5) is 13.6. The highest BCUT2D eigenvalue weighted by molar-refractivity contribution is 5.98. The molecule has 3 aliphatic rings. The summed E-state index contributed by atoms with van der Waals surface area (Å²) in [6, 6.07) is 7.24. The van der Waals surface area contributed by atoms with Crippen molar-refractivity contribution < 1.29 is 32.1 Å². The molecule has 3 aromatic rings. The molecule has 1 unspecified atom stereocenters. The van der Waals surface area contributed by atoms with Gasteiger partial charge in [-0.05, 0) is 61.7 Å². The molecule has 4 heterocycles. The van der Waals surface area contributed by atoms with Crippen LogP contribution in [0, 0.1) is 5.82 Å². The molecule has 2 saturated heterocycles. The molecule has 6 rings (SSSR count). The smallest absolute Gasteiger partial charge is 0.320 e. The molecule has 1 aromatic heterocycles. The lowest BCUT2D eigenvalue weighted by Gasteiger charge is -2.33. The number of hydrogen-bond donors (Lipinski definition) is 0. The third kappa shape index (κ3) is 5.13. The van der Waals surface area contributed by atoms with E-state index in [1.807, 2.05) is 19.1 Å². The van der Waals surface area contributed by atoms with Gasteiger partial charge < -0.3 is 23.8 Å². The highest BCUT2D eigenvalue weighted by Gasteiger charge is 2.48. The summed E-state index contributed by atoms with van der Waals surface area (Å²) in [7, 11) is 3.13. The van der Waals surface area contributed by atoms with E-state index in [4.69, 9.17) is 23.9 Å². The second kappa shape index (κ2) is 11.6. The van der Waals surface area contributed by atoms with E-state index >= 15 is 0 Å². The van der Waals surface area contributed by atoms with E-state index in [1.54, 1.807) is 20.3 Å². The van der Waals surface area contributed by atoms with Crippen molar-refractivity contribution in [2.45, 2.75) is 51.1 Å². The molecule has 1 atom stereocenters. The first-order valence-electron chi connectivity index (χ1n) is 14.3. The molecule has 3 aliphatic heterocycles. The molecular formula is C31H35F3N4O4. The molecule has 0 bridgehead atoms. The van der Waals surface area contributed by atoms with Crippen LogP contribution >= 0.6 is 0 Å². The highest BCUT2D eigenvalue weighted by atomic mass is 19.3. The second-order valence-corrected chi connectivity index (χ2v) is 11.2. The normalized spacial score (nSPS) is 20.1. The Bertz CT molecular complexity index is 1530. The fourth-order valence-corrected chi connectivity index (χ4v) is 6.75. The SMILES string of the molecule is CCc1c(F)ccc2cc(OCOC)cc(N3CCc4c(nc(OCC56CCCN5CC(=C(F)F)C6)nc4OC)C3)c12. The van der Waals surface area contributed by atoms with Crippen molar-refractivity contribution >= 4 is 16.5 Å². The van der Waals surface area contributed by atoms with Crippen molar-refractivity contribution in [3.63, 3.8) is 0 Å². The van der Waals surface area contributed by atoms with Gasteiger partial charge in [0.15, 0.2) is 6.79 Å². The van der Waals surface area contributed by atoms with Gasteiger partial charge in [-0.15, -0.1) is 0 Å². The van der Waals surface area contributed by atoms with Gasteiger partial charge in [0.2, 0.25) is 5.88 Å². The van der Waals surface area contributed by atoms with Gasteiger partial charge in [-0.1, -0.05) is 13.0 Å². The number of aryl methyl sites for hydroxylation is 1. The highest BCUT2D eigenvalue weighted by Crippen LogP contribution is 2.43. The molecule has 2 aromatic carbocycles. The van der Waals surface area contributed by atoms with Gasteiger partial charge in [0.05, 0.1) is 24.9 Å². The number of halogens is 3. The lowest BCUT2D eigenvalue weighted by molar-refractivity contribution is 0.0512. The standard InChI is InChI=1S/C31H35F3N4O4/c1-4-22-24(32)7-6-19-12-21(42-18-39-2)13-26(27(19)22)37-11-8-23-25(16-37)35-30(36-29(23)40-3)41-17-31-9-5-10-38(31)15-20(14-31)28(33)34/h6-7,12-13H,4-5,8-11,14-18H2,1-3H3. The van der Waals surface area contributed by atoms with Crippen molar-refractivity contribution in [1.82, 2.24) is 14.9 Å². The molecule has 0 N–H and O–H groups in total. The summed E-state index contributed by atoms with van der Waals surface area (Å²) in [5, 5.41) is 1.72. The molecule has 2 fully saturated rings. The number of hydrogen-bond acceptors (Lipinski definition) is 8. The maximum Gasteiger partial charge on any atom is 0.320 e. The number of benzene rings is 2. The Morgan fingerprint density at radius 1 is 1.07 bits per heavy atom. The summed E-state index contributed by atoms with van der Waals surface area (Å²) >= 11 is 0. The molecule has 224 valence electrons. The van der Waals surface area contributed by atoms with Gasteiger partial charge in [0, 0.05) is 48.5 Å². The van der Waals surface area contributed by atoms with Crippen LogP contribution in [0.1, 0.15) is 43.0 Å². The zero-order chi connectivity index (χ0) is 29.4. The first-order chi connectivity index (χ1) is 20.4. The molecular weight excluding hydrogens is 549 g/mol. The Labute approximate surface area is 243 Å². The van der Waals surface area contributed by atoms with Crippen LogP contribution in [0.5, 0.6) is 17.6 Å². The third-order valence-corrected chi connectivity index (χ3v) is 8.76. The van der Waals surface area contributed by atoms with Crippen LogP contribution in [0.3, 0.4) is 0 Å². The van der Waals surface area contributed by atoms with E-state index in [9.17, 15) is 13.2 Å². The molecule has 0 amide bonds. The predicted octanol–water partition coefficient (Wildman–Crippen LogP) is 5.65. The average molecular weight is 585 g/mol. The minimum atomic E-state index is -1.59. The van der Waals surface area contributed by atoms with Gasteiger partial charge in [-0.2, -0.15) is 18.7 Å². The summed E-state index contributed by atoms with van der Waals surface area (Å²) in [5.41, 5.74) is 2.84. The van der Waals surface area contributed by atoms with Crippen LogP contribution in [-0.2, 0) is 24.1 Å². The molecule has 11 heteroatoms. The second-order valence-electron chi connectivity index (χ2n) is 11.2. The number of methoxy groups -OCH3 is 2. The third-order valence-electron chi connectivity index (χ3n) is 8.76. The van der Waals surface area contributed by atoms with Crippen molar-refractivity contribution in [3.05, 3.63) is 58.6 Å². The lowest BCUT2D eigenvalue weighted by atomic mass is 9.94. The van der Waals surface area contributed by atoms with E-state index in [2.05, 4.69) is 14.8 Å². The number of nitrogens with zero attached hydrogens (tertiary/aromatic N) is 4. The zero-order valence-electron chi connectivity index (χ0n) is 24.1. The minimum absolute atomic E-state index is 0.0922. The Morgan fingerprint density at radius 2 is 1.93 bits per heavy atom. The average Bonchev–Trinajstić information content (AvgIpc) is 3.56. The van der Waals surface area contributed by atoms with E-state index in [1.165, 1.54) is 6.07 Å². The molecule has 0 aliphatic carbocycles. The fraction of sp³-hybridized carbons (Fsp3) is 0.484. The maximum atomic E-state index is 15.0. The Kier molecular flexibility index (Phi) is 7.89. The van der Waals surface area contributed by atoms with Crippen LogP contribution in [0.25, 0.3) is 10.8 Å². The molecule has 0 spiro atoms. The maximum absolute atomic E-state index is 15.0. The van der Waals surface area contributed by atoms with Gasteiger partial charge in [0.25, 0.3) is 6.08 Å². The summed E-state index contributed by atoms with van der Waals surface area (Å²) in [6.45, 7) is 4.36. The summed E-state index contributed by atoms with van der Waals surface area (Å²) in [5.74, 6) is 0.824. The topological polar surface area (TPSA) is 69.2 Å². The molecule has 8 nitrogen and oxygen atoms in total. The largest absolute Gasteiger partial charge is 0.481 e. The minimum Gasteiger partial charge on any atom is -0.481 e. The Balaban J connectivity index is 1.32. The van der Waals surface area contributed by atoms with Gasteiger partial charge in [0.1, 0.15) is 18.2 Å². The van der Waals surface area contributed by atoms with E-state index < -0.39 is 11.6 Å². The molecule has 0 saturated carbocycles. The number of fused-ring (bicyclic) bond motifs is 3. The van der Waals surface area contributed by atoms with Crippen LogP contribution < -0.4 is 19.1 Å². The summed E-state index contributed by atoms with van der Waals surface area (Å²) in [6.07, 6.45) is 1.57. The van der Waals surface area contributed by atoms with Gasteiger partial charge in [-0.3, -0.25) is 4.90 Å². The molecule has 42 heavy (non-hydrogen) atoms. The monoisotopic (exact) mass is 584 g/mol. The van der Waals surface area contributed by atoms with Crippen LogP contribution in [0.2, 0.25) is 0 Å². The Morgan fingerprint density at radius 3 is 2.69 bits per heavy atom. The Hall–Kier alpha value is -3.57. The predicted molar refractivity (Wildman–Crippen MR) is 152 cm³/mol. The number of aromatic nitrogens is 2. The first-order valence-corrected chi connectivity index (χ1v) is 14.3. The first kappa shape index (κ1) is 28.5. The van der Waals surface area contributed by atoms with Crippen LogP contribution in [0.4, 0.5) is 18.9 Å². The molecule has 0 radical (unpaired) electrons. The van der Waals surface area contributed by atoms with Crippen molar-refractivity contribution in [3.8, 4) is 17.6 Å². The van der Waals surface area contributed by atoms with E-state index in [0.717, 1.165) is 47.1 Å². The number of ether oxygens (including phenoxy) is 4. The van der Waals surface area contributed by atoms with E-state index in [-0.39, 0.29) is 43.8 Å². The summed E-state index contributed by atoms with van der Waals surface area (Å²) < 4.78 is 64.5. The lowest BCUT2D eigenvalue weighted by Crippen LogP contribution is -2.43. The van der Waals surface area contributed by atoms with Gasteiger partial charge >= 0.3 is 6.01 Å². The van der Waals surface area contributed by atoms with Crippen LogP contribution in [0.15, 0.2) is 35.9 Å². The zero-order valence-corrected chi connectivity index (χ0v) is 24.1. The fourth-order valence-electron chi connectivity index (χ4n) is 6.75. The number of anilines is 1. The number of rotatable bonds is 9. The van der Waals surface area contributed by atoms with Crippen molar-refractivity contribution in [1.29, 1.82) is 0 Å². The van der Waals surface area contributed by atoms with Crippen molar-refractivity contribution in [2.75, 3.05) is 52.2 Å². The van der Waals surface area contributed by atoms with Crippen LogP contribution in [-0.4, -0.2) is 67.7 Å². The van der Waals surface area contributed by atoms with E-state index in [0.29, 0.717) is 43.1 Å². The van der Waals surface area contributed by atoms with Crippen molar-refractivity contribution in [2.24, 2.45) is 0 Å². The quantitative estimate of drug-likeness (QED) is 0.299.